The number of hydrogen-bond acceptors (Lipinski definition) is 6. The average molecular weight is 317 g/mol. The highest BCUT2D eigenvalue weighted by Crippen LogP contribution is 2.20. The molecular weight excluding hydrogens is 294 g/mol. The van der Waals surface area contributed by atoms with Gasteiger partial charge >= 0.3 is 0 Å². The Kier molecular flexibility index (Phi) is 5.81. The van der Waals surface area contributed by atoms with Gasteiger partial charge in [0.05, 0.1) is 0 Å². The van der Waals surface area contributed by atoms with E-state index < -0.39 is 0 Å². The largest absolute Gasteiger partial charge is 0.339 e. The first kappa shape index (κ1) is 17.1. The van der Waals surface area contributed by atoms with Crippen LogP contribution in [0.25, 0.3) is 0 Å². The number of nitrogens with one attached hydrogen (secondary N) is 2. The number of aromatic nitrogens is 3. The Bertz CT molecular complexity index is 626. The van der Waals surface area contributed by atoms with E-state index in [-0.39, 0.29) is 23.9 Å². The molecule has 23 heavy (non-hydrogen) atoms. The Morgan fingerprint density at radius 1 is 1.30 bits per heavy atom. The number of nitrogens with zero attached hydrogens (tertiary/aromatic N) is 3. The van der Waals surface area contributed by atoms with Gasteiger partial charge in [-0.2, -0.15) is 4.98 Å². The van der Waals surface area contributed by atoms with Crippen molar-refractivity contribution in [2.75, 3.05) is 7.05 Å². The van der Waals surface area contributed by atoms with E-state index in [2.05, 4.69) is 25.8 Å². The summed E-state index contributed by atoms with van der Waals surface area (Å²) in [4.78, 5) is 20.8. The molecule has 0 radical (unpaired) electrons. The van der Waals surface area contributed by atoms with E-state index in [1.807, 2.05) is 27.8 Å². The molecule has 7 nitrogen and oxygen atoms in total. The summed E-state index contributed by atoms with van der Waals surface area (Å²) in [6.45, 7) is 6.02. The van der Waals surface area contributed by atoms with Crippen molar-refractivity contribution in [3.63, 3.8) is 0 Å². The quantitative estimate of drug-likeness (QED) is 0.808. The molecule has 0 aliphatic rings. The molecule has 0 fully saturated rings. The van der Waals surface area contributed by atoms with Crippen LogP contribution in [0, 0.1) is 5.92 Å². The van der Waals surface area contributed by atoms with Crippen molar-refractivity contribution in [1.29, 1.82) is 0 Å². The number of carbonyl (C=O) groups excluding carboxylic acids is 1. The highest BCUT2D eigenvalue weighted by molar-refractivity contribution is 5.92. The molecule has 2 aromatic heterocycles. The normalized spacial score (nSPS) is 13.8. The molecule has 0 saturated carbocycles. The summed E-state index contributed by atoms with van der Waals surface area (Å²) in [5.74, 6) is 0.896. The van der Waals surface area contributed by atoms with E-state index in [0.29, 0.717) is 23.8 Å². The third-order valence-corrected chi connectivity index (χ3v) is 3.58. The van der Waals surface area contributed by atoms with Gasteiger partial charge in [0.15, 0.2) is 5.82 Å². The van der Waals surface area contributed by atoms with Crippen LogP contribution in [0.5, 0.6) is 0 Å². The highest BCUT2D eigenvalue weighted by Gasteiger charge is 2.25. The van der Waals surface area contributed by atoms with Gasteiger partial charge in [0.25, 0.3) is 5.91 Å². The first-order chi connectivity index (χ1) is 11.0. The smallest absolute Gasteiger partial charge is 0.270 e. The van der Waals surface area contributed by atoms with Crippen LogP contribution in [0.15, 0.2) is 28.9 Å². The Labute approximate surface area is 135 Å². The molecule has 0 bridgehead atoms. The first-order valence-electron chi connectivity index (χ1n) is 7.73. The lowest BCUT2D eigenvalue weighted by molar-refractivity contribution is 0.0909. The van der Waals surface area contributed by atoms with Crippen LogP contribution in [0.3, 0.4) is 0 Å². The fraction of sp³-hybridized carbons (Fsp3) is 0.500. The third-order valence-electron chi connectivity index (χ3n) is 3.58. The molecule has 7 heteroatoms. The lowest BCUT2D eigenvalue weighted by atomic mass is 10.0. The Hall–Kier alpha value is -2.28. The van der Waals surface area contributed by atoms with Crippen molar-refractivity contribution in [1.82, 2.24) is 25.8 Å². The molecule has 2 rings (SSSR count). The maximum atomic E-state index is 12.3. The lowest BCUT2D eigenvalue weighted by Gasteiger charge is -2.18. The zero-order chi connectivity index (χ0) is 16.8. The van der Waals surface area contributed by atoms with Crippen LogP contribution in [0.4, 0.5) is 0 Å². The monoisotopic (exact) mass is 317 g/mol. The molecule has 2 heterocycles. The van der Waals surface area contributed by atoms with E-state index in [1.54, 1.807) is 24.4 Å². The van der Waals surface area contributed by atoms with E-state index in [4.69, 9.17) is 4.52 Å². The van der Waals surface area contributed by atoms with Gasteiger partial charge in [-0.3, -0.25) is 9.78 Å². The zero-order valence-electron chi connectivity index (χ0n) is 13.9. The van der Waals surface area contributed by atoms with Crippen LogP contribution in [0.1, 0.15) is 49.0 Å². The number of hydrogen-bond donors (Lipinski definition) is 2. The van der Waals surface area contributed by atoms with Crippen molar-refractivity contribution >= 4 is 5.91 Å². The standard InChI is InChI=1S/C16H23N5O2/c1-10(2)14(20-15(22)12-7-5-6-8-18-12)16-19-13(21-23-16)9-11(3)17-4/h5-8,10-11,14,17H,9H2,1-4H3,(H,20,22). The van der Waals surface area contributed by atoms with Crippen LogP contribution >= 0.6 is 0 Å². The zero-order valence-corrected chi connectivity index (χ0v) is 13.9. The summed E-state index contributed by atoms with van der Waals surface area (Å²) in [7, 11) is 1.88. The highest BCUT2D eigenvalue weighted by atomic mass is 16.5. The second-order valence-electron chi connectivity index (χ2n) is 5.85. The molecule has 0 aliphatic heterocycles. The number of rotatable bonds is 7. The summed E-state index contributed by atoms with van der Waals surface area (Å²) in [5.41, 5.74) is 0.363. The minimum Gasteiger partial charge on any atom is -0.339 e. The summed E-state index contributed by atoms with van der Waals surface area (Å²) >= 11 is 0. The average Bonchev–Trinajstić information content (AvgIpc) is 3.00. The molecule has 0 saturated heterocycles. The molecule has 2 atom stereocenters. The fourth-order valence-electron chi connectivity index (χ4n) is 2.08. The molecule has 0 aliphatic carbocycles. The van der Waals surface area contributed by atoms with Crippen LogP contribution in [0.2, 0.25) is 0 Å². The minimum atomic E-state index is -0.351. The summed E-state index contributed by atoms with van der Waals surface area (Å²) < 4.78 is 5.35. The fourth-order valence-corrected chi connectivity index (χ4v) is 2.08. The summed E-state index contributed by atoms with van der Waals surface area (Å²) in [6, 6.07) is 5.11. The van der Waals surface area contributed by atoms with Gasteiger partial charge in [-0.05, 0) is 32.0 Å². The maximum Gasteiger partial charge on any atom is 0.270 e. The summed E-state index contributed by atoms with van der Waals surface area (Å²) in [5, 5.41) is 10.0. The van der Waals surface area contributed by atoms with Crippen molar-refractivity contribution in [2.45, 2.75) is 39.3 Å². The number of carbonyl (C=O) groups is 1. The molecular formula is C16H23N5O2. The number of amides is 1. The van der Waals surface area contributed by atoms with E-state index in [9.17, 15) is 4.79 Å². The molecule has 124 valence electrons. The predicted molar refractivity (Wildman–Crippen MR) is 85.8 cm³/mol. The first-order valence-corrected chi connectivity index (χ1v) is 7.73. The Morgan fingerprint density at radius 3 is 2.70 bits per heavy atom. The van der Waals surface area contributed by atoms with E-state index in [0.717, 1.165) is 0 Å². The molecule has 2 aromatic rings. The van der Waals surface area contributed by atoms with Gasteiger partial charge in [0, 0.05) is 18.7 Å². The van der Waals surface area contributed by atoms with Crippen molar-refractivity contribution in [3.05, 3.63) is 41.8 Å². The molecule has 0 aromatic carbocycles. The summed E-state index contributed by atoms with van der Waals surface area (Å²) in [6.07, 6.45) is 2.25. The van der Waals surface area contributed by atoms with Crippen molar-refractivity contribution in [2.24, 2.45) is 5.92 Å². The minimum absolute atomic E-state index is 0.109. The van der Waals surface area contributed by atoms with Gasteiger partial charge in [-0.1, -0.05) is 25.1 Å². The number of likely N-dealkylation sites (N-methyl/N-ethyl adjacent to an activating group) is 1. The predicted octanol–water partition coefficient (Wildman–Crippen LogP) is 1.74. The molecule has 1 amide bonds. The van der Waals surface area contributed by atoms with Crippen molar-refractivity contribution < 1.29 is 9.32 Å². The lowest BCUT2D eigenvalue weighted by Crippen LogP contribution is -2.32. The van der Waals surface area contributed by atoms with Gasteiger partial charge in [-0.25, -0.2) is 0 Å². The van der Waals surface area contributed by atoms with Crippen LogP contribution in [-0.2, 0) is 6.42 Å². The molecule has 0 spiro atoms. The number of pyridine rings is 1. The van der Waals surface area contributed by atoms with E-state index >= 15 is 0 Å². The van der Waals surface area contributed by atoms with E-state index in [1.165, 1.54) is 0 Å². The maximum absolute atomic E-state index is 12.3. The van der Waals surface area contributed by atoms with Gasteiger partial charge < -0.3 is 15.2 Å². The second-order valence-corrected chi connectivity index (χ2v) is 5.85. The van der Waals surface area contributed by atoms with Gasteiger partial charge in [-0.15, -0.1) is 0 Å². The Balaban J connectivity index is 2.11. The van der Waals surface area contributed by atoms with Crippen molar-refractivity contribution in [3.8, 4) is 0 Å². The second kappa shape index (κ2) is 7.82. The third kappa shape index (κ3) is 4.59. The van der Waals surface area contributed by atoms with Crippen LogP contribution < -0.4 is 10.6 Å². The van der Waals surface area contributed by atoms with Crippen LogP contribution in [-0.4, -0.2) is 34.1 Å². The molecule has 2 N–H and O–H groups in total. The Morgan fingerprint density at radius 2 is 2.09 bits per heavy atom. The van der Waals surface area contributed by atoms with Gasteiger partial charge in [0.1, 0.15) is 11.7 Å². The SMILES string of the molecule is CNC(C)Cc1noc(C(NC(=O)c2ccccn2)C(C)C)n1. The topological polar surface area (TPSA) is 92.9 Å². The van der Waals surface area contributed by atoms with Gasteiger partial charge in [0.2, 0.25) is 5.89 Å². The molecule has 2 unspecified atom stereocenters.